The molecule has 20 heavy (non-hydrogen) atoms. The number of rotatable bonds is 3. The van der Waals surface area contributed by atoms with E-state index in [1.54, 1.807) is 11.9 Å². The molecule has 0 saturated heterocycles. The summed E-state index contributed by atoms with van der Waals surface area (Å²) in [6.07, 6.45) is 0. The van der Waals surface area contributed by atoms with Gasteiger partial charge in [-0.25, -0.2) is 4.98 Å². The molecule has 3 aromatic rings. The zero-order valence-corrected chi connectivity index (χ0v) is 12.6. The van der Waals surface area contributed by atoms with Gasteiger partial charge in [-0.05, 0) is 68.1 Å². The molecule has 4 heteroatoms. The van der Waals surface area contributed by atoms with Crippen LogP contribution in [-0.2, 0) is 0 Å². The monoisotopic (exact) mass is 283 g/mol. The van der Waals surface area contributed by atoms with E-state index in [4.69, 9.17) is 0 Å². The highest BCUT2D eigenvalue weighted by atomic mass is 32.2. The topological polar surface area (TPSA) is 40.7 Å². The summed E-state index contributed by atoms with van der Waals surface area (Å²) >= 11 is 1.65. The predicted molar refractivity (Wildman–Crippen MR) is 86.2 cm³/mol. The molecule has 0 aliphatic heterocycles. The Balaban J connectivity index is 1.81. The number of imidazole rings is 1. The Labute approximate surface area is 123 Å². The molecular weight excluding hydrogens is 266 g/mol. The summed E-state index contributed by atoms with van der Waals surface area (Å²) in [4.78, 5) is 8.92. The van der Waals surface area contributed by atoms with E-state index in [1.165, 1.54) is 16.0 Å². The van der Waals surface area contributed by atoms with Crippen LogP contribution in [-0.4, -0.2) is 9.97 Å². The van der Waals surface area contributed by atoms with Gasteiger partial charge < -0.3 is 9.71 Å². The summed E-state index contributed by atoms with van der Waals surface area (Å²) in [5.41, 5.74) is 5.78. The number of nitrogens with zero attached hydrogens (tertiary/aromatic N) is 1. The fourth-order valence-corrected chi connectivity index (χ4v) is 2.96. The van der Waals surface area contributed by atoms with E-state index in [0.717, 1.165) is 22.5 Å². The molecule has 102 valence electrons. The number of aromatic nitrogens is 2. The van der Waals surface area contributed by atoms with Crippen molar-refractivity contribution in [3.05, 3.63) is 53.3 Å². The summed E-state index contributed by atoms with van der Waals surface area (Å²) in [7, 11) is 0. The molecule has 2 N–H and O–H groups in total. The number of anilines is 1. The van der Waals surface area contributed by atoms with E-state index in [1.807, 2.05) is 13.0 Å². The molecule has 2 aromatic carbocycles. The van der Waals surface area contributed by atoms with Gasteiger partial charge in [-0.3, -0.25) is 0 Å². The van der Waals surface area contributed by atoms with Crippen molar-refractivity contribution in [3.63, 3.8) is 0 Å². The van der Waals surface area contributed by atoms with Gasteiger partial charge in [0.25, 0.3) is 0 Å². The summed E-state index contributed by atoms with van der Waals surface area (Å²) in [5, 5.41) is 0. The number of aromatic amines is 1. The fourth-order valence-electron chi connectivity index (χ4n) is 2.15. The molecule has 0 saturated carbocycles. The van der Waals surface area contributed by atoms with Gasteiger partial charge in [0.2, 0.25) is 0 Å². The van der Waals surface area contributed by atoms with Crippen molar-refractivity contribution in [3.8, 4) is 0 Å². The van der Waals surface area contributed by atoms with Crippen LogP contribution in [0.25, 0.3) is 11.0 Å². The van der Waals surface area contributed by atoms with Crippen molar-refractivity contribution in [2.45, 2.75) is 25.7 Å². The standard InChI is InChI=1S/C16H17N3S/c1-10-5-4-6-16(11(10)2)20-19-13-7-8-14-15(9-13)18-12(3)17-14/h4-9,19H,1-3H3,(H,17,18). The highest BCUT2D eigenvalue weighted by molar-refractivity contribution is 8.00. The van der Waals surface area contributed by atoms with Crippen molar-refractivity contribution >= 4 is 28.7 Å². The smallest absolute Gasteiger partial charge is 0.104 e. The van der Waals surface area contributed by atoms with Crippen molar-refractivity contribution in [1.82, 2.24) is 9.97 Å². The fraction of sp³-hybridized carbons (Fsp3) is 0.188. The number of hydrogen-bond acceptors (Lipinski definition) is 3. The third-order valence-electron chi connectivity index (χ3n) is 3.43. The normalized spacial score (nSPS) is 10.9. The number of aryl methyl sites for hydroxylation is 2. The molecule has 0 unspecified atom stereocenters. The molecule has 1 heterocycles. The van der Waals surface area contributed by atoms with Crippen LogP contribution in [0.2, 0.25) is 0 Å². The van der Waals surface area contributed by atoms with Crippen LogP contribution in [0.5, 0.6) is 0 Å². The number of nitrogens with one attached hydrogen (secondary N) is 2. The molecule has 0 atom stereocenters. The molecule has 0 aliphatic rings. The van der Waals surface area contributed by atoms with E-state index in [0.29, 0.717) is 0 Å². The third-order valence-corrected chi connectivity index (χ3v) is 4.43. The maximum absolute atomic E-state index is 4.41. The van der Waals surface area contributed by atoms with E-state index in [2.05, 4.69) is 58.9 Å². The van der Waals surface area contributed by atoms with Crippen molar-refractivity contribution < 1.29 is 0 Å². The molecule has 3 rings (SSSR count). The van der Waals surface area contributed by atoms with Gasteiger partial charge in [0, 0.05) is 10.6 Å². The van der Waals surface area contributed by atoms with Crippen LogP contribution >= 0.6 is 11.9 Å². The van der Waals surface area contributed by atoms with Crippen molar-refractivity contribution in [2.75, 3.05) is 4.72 Å². The first kappa shape index (κ1) is 13.1. The second kappa shape index (κ2) is 5.21. The molecule has 0 aliphatic carbocycles. The minimum Gasteiger partial charge on any atom is -0.342 e. The second-order valence-electron chi connectivity index (χ2n) is 4.96. The predicted octanol–water partition coefficient (Wildman–Crippen LogP) is 4.61. The molecule has 0 amide bonds. The van der Waals surface area contributed by atoms with Crippen LogP contribution in [0.15, 0.2) is 41.3 Å². The maximum Gasteiger partial charge on any atom is 0.104 e. The maximum atomic E-state index is 4.41. The molecule has 0 fully saturated rings. The van der Waals surface area contributed by atoms with Gasteiger partial charge in [-0.1, -0.05) is 12.1 Å². The number of hydrogen-bond donors (Lipinski definition) is 2. The average molecular weight is 283 g/mol. The summed E-state index contributed by atoms with van der Waals surface area (Å²) in [6, 6.07) is 12.5. The number of benzene rings is 2. The van der Waals surface area contributed by atoms with Gasteiger partial charge in [-0.15, -0.1) is 0 Å². The SMILES string of the molecule is Cc1nc2ccc(NSc3cccc(C)c3C)cc2[nH]1. The van der Waals surface area contributed by atoms with Crippen LogP contribution in [0, 0.1) is 20.8 Å². The van der Waals surface area contributed by atoms with Crippen LogP contribution in [0.1, 0.15) is 17.0 Å². The Kier molecular flexibility index (Phi) is 3.40. The Morgan fingerprint density at radius 1 is 1.10 bits per heavy atom. The van der Waals surface area contributed by atoms with Crippen LogP contribution < -0.4 is 4.72 Å². The Hall–Kier alpha value is -1.94. The van der Waals surface area contributed by atoms with Gasteiger partial charge in [0.15, 0.2) is 0 Å². The first-order valence-corrected chi connectivity index (χ1v) is 7.40. The van der Waals surface area contributed by atoms with Gasteiger partial charge in [-0.2, -0.15) is 0 Å². The van der Waals surface area contributed by atoms with E-state index >= 15 is 0 Å². The molecule has 0 bridgehead atoms. The Bertz CT molecular complexity index is 762. The summed E-state index contributed by atoms with van der Waals surface area (Å²) in [5.74, 6) is 0.944. The van der Waals surface area contributed by atoms with E-state index < -0.39 is 0 Å². The average Bonchev–Trinajstić information content (AvgIpc) is 2.79. The van der Waals surface area contributed by atoms with Crippen molar-refractivity contribution in [1.29, 1.82) is 0 Å². The Morgan fingerprint density at radius 3 is 2.80 bits per heavy atom. The lowest BCUT2D eigenvalue weighted by Gasteiger charge is -2.09. The zero-order valence-electron chi connectivity index (χ0n) is 11.8. The molecule has 1 aromatic heterocycles. The van der Waals surface area contributed by atoms with Crippen molar-refractivity contribution in [2.24, 2.45) is 0 Å². The van der Waals surface area contributed by atoms with E-state index in [-0.39, 0.29) is 0 Å². The third kappa shape index (κ3) is 2.51. The summed E-state index contributed by atoms with van der Waals surface area (Å²) in [6.45, 7) is 6.26. The van der Waals surface area contributed by atoms with E-state index in [9.17, 15) is 0 Å². The first-order chi connectivity index (χ1) is 9.63. The largest absolute Gasteiger partial charge is 0.342 e. The quantitative estimate of drug-likeness (QED) is 0.690. The van der Waals surface area contributed by atoms with Gasteiger partial charge in [0.1, 0.15) is 5.82 Å². The lowest BCUT2D eigenvalue weighted by molar-refractivity contribution is 1.17. The Morgan fingerprint density at radius 2 is 1.95 bits per heavy atom. The molecule has 3 nitrogen and oxygen atoms in total. The molecule has 0 spiro atoms. The number of fused-ring (bicyclic) bond motifs is 1. The highest BCUT2D eigenvalue weighted by Gasteiger charge is 2.04. The lowest BCUT2D eigenvalue weighted by atomic mass is 10.1. The molecule has 0 radical (unpaired) electrons. The van der Waals surface area contributed by atoms with Gasteiger partial charge in [0.05, 0.1) is 11.0 Å². The zero-order chi connectivity index (χ0) is 14.1. The second-order valence-corrected chi connectivity index (χ2v) is 5.80. The summed E-state index contributed by atoms with van der Waals surface area (Å²) < 4.78 is 3.40. The number of H-pyrrole nitrogens is 1. The van der Waals surface area contributed by atoms with Crippen LogP contribution in [0.4, 0.5) is 5.69 Å². The molecular formula is C16H17N3S. The van der Waals surface area contributed by atoms with Crippen LogP contribution in [0.3, 0.4) is 0 Å². The lowest BCUT2D eigenvalue weighted by Crippen LogP contribution is -1.90. The highest BCUT2D eigenvalue weighted by Crippen LogP contribution is 2.27. The first-order valence-electron chi connectivity index (χ1n) is 6.59. The van der Waals surface area contributed by atoms with Gasteiger partial charge >= 0.3 is 0 Å². The minimum absolute atomic E-state index is 0.944. The minimum atomic E-state index is 0.944.